The van der Waals surface area contributed by atoms with E-state index in [4.69, 9.17) is 4.74 Å². The molecule has 0 amide bonds. The number of nitrogens with one attached hydrogen (secondary N) is 1. The van der Waals surface area contributed by atoms with Gasteiger partial charge in [0.2, 0.25) is 0 Å². The molecule has 1 fully saturated rings. The van der Waals surface area contributed by atoms with Crippen molar-refractivity contribution in [1.82, 2.24) is 5.32 Å². The number of rotatable bonds is 5. The predicted octanol–water partition coefficient (Wildman–Crippen LogP) is 3.96. The van der Waals surface area contributed by atoms with Gasteiger partial charge in [-0.1, -0.05) is 12.1 Å². The average Bonchev–Trinajstić information content (AvgIpc) is 2.84. The van der Waals surface area contributed by atoms with Gasteiger partial charge < -0.3 is 10.1 Å². The van der Waals surface area contributed by atoms with Crippen LogP contribution in [0.2, 0.25) is 0 Å². The Morgan fingerprint density at radius 1 is 1.25 bits per heavy atom. The maximum atomic E-state index is 12.2. The van der Waals surface area contributed by atoms with Gasteiger partial charge in [-0.05, 0) is 48.7 Å². The minimum Gasteiger partial charge on any atom is -0.381 e. The Morgan fingerprint density at radius 3 is 2.50 bits per heavy atom. The number of methoxy groups -OCH3 is 1. The van der Waals surface area contributed by atoms with Crippen molar-refractivity contribution in [3.63, 3.8) is 0 Å². The average molecular weight is 305 g/mol. The zero-order chi connectivity index (χ0) is 14.6. The molecule has 112 valence electrons. The van der Waals surface area contributed by atoms with E-state index in [1.807, 2.05) is 0 Å². The van der Waals surface area contributed by atoms with Gasteiger partial charge in [0.15, 0.2) is 0 Å². The third-order valence-electron chi connectivity index (χ3n) is 3.47. The van der Waals surface area contributed by atoms with Crippen molar-refractivity contribution in [2.24, 2.45) is 0 Å². The van der Waals surface area contributed by atoms with Crippen molar-refractivity contribution < 1.29 is 17.9 Å². The van der Waals surface area contributed by atoms with Crippen LogP contribution in [0.15, 0.2) is 29.2 Å². The van der Waals surface area contributed by atoms with Crippen molar-refractivity contribution >= 4 is 11.8 Å². The summed E-state index contributed by atoms with van der Waals surface area (Å²) in [5.41, 5.74) is -3.23. The van der Waals surface area contributed by atoms with E-state index in [2.05, 4.69) is 5.32 Å². The van der Waals surface area contributed by atoms with Gasteiger partial charge in [-0.25, -0.2) is 0 Å². The lowest BCUT2D eigenvalue weighted by Crippen LogP contribution is -2.26. The highest BCUT2D eigenvalue weighted by Gasteiger charge is 2.29. The SMILES string of the molecule is COC1CCC(NCc2ccc(SC(F)(F)F)cc2)C1. The molecule has 0 heterocycles. The number of halogens is 3. The molecule has 1 saturated carbocycles. The summed E-state index contributed by atoms with van der Waals surface area (Å²) in [6.45, 7) is 0.679. The maximum absolute atomic E-state index is 12.2. The molecule has 1 N–H and O–H groups in total. The molecular weight excluding hydrogens is 287 g/mol. The smallest absolute Gasteiger partial charge is 0.381 e. The summed E-state index contributed by atoms with van der Waals surface area (Å²) in [7, 11) is 1.73. The molecule has 2 unspecified atom stereocenters. The Kier molecular flexibility index (Phi) is 5.35. The summed E-state index contributed by atoms with van der Waals surface area (Å²) in [5, 5.41) is 3.42. The summed E-state index contributed by atoms with van der Waals surface area (Å²) >= 11 is -0.0808. The molecule has 2 nitrogen and oxygen atoms in total. The largest absolute Gasteiger partial charge is 0.446 e. The normalized spacial score (nSPS) is 23.2. The van der Waals surface area contributed by atoms with Crippen LogP contribution >= 0.6 is 11.8 Å². The molecule has 1 aliphatic rings. The van der Waals surface area contributed by atoms with Crippen LogP contribution in [0.3, 0.4) is 0 Å². The van der Waals surface area contributed by atoms with Crippen molar-refractivity contribution in [3.8, 4) is 0 Å². The lowest BCUT2D eigenvalue weighted by atomic mass is 10.2. The van der Waals surface area contributed by atoms with Crippen molar-refractivity contribution in [2.45, 2.75) is 48.4 Å². The van der Waals surface area contributed by atoms with Gasteiger partial charge in [0.25, 0.3) is 0 Å². The van der Waals surface area contributed by atoms with E-state index >= 15 is 0 Å². The third kappa shape index (κ3) is 5.00. The molecule has 20 heavy (non-hydrogen) atoms. The Balaban J connectivity index is 1.79. The van der Waals surface area contributed by atoms with Crippen LogP contribution in [0.1, 0.15) is 24.8 Å². The van der Waals surface area contributed by atoms with E-state index in [0.29, 0.717) is 18.7 Å². The maximum Gasteiger partial charge on any atom is 0.446 e. The van der Waals surface area contributed by atoms with Gasteiger partial charge in [-0.15, -0.1) is 0 Å². The Hall–Kier alpha value is -0.720. The summed E-state index contributed by atoms with van der Waals surface area (Å²) in [5.74, 6) is 0. The monoisotopic (exact) mass is 305 g/mol. The van der Waals surface area contributed by atoms with Crippen LogP contribution in [0.5, 0.6) is 0 Å². The molecule has 2 atom stereocenters. The van der Waals surface area contributed by atoms with E-state index in [1.54, 1.807) is 19.2 Å². The Labute approximate surface area is 121 Å². The quantitative estimate of drug-likeness (QED) is 0.832. The van der Waals surface area contributed by atoms with Gasteiger partial charge >= 0.3 is 5.51 Å². The van der Waals surface area contributed by atoms with E-state index < -0.39 is 5.51 Å². The summed E-state index contributed by atoms with van der Waals surface area (Å²) < 4.78 is 41.9. The fourth-order valence-electron chi connectivity index (χ4n) is 2.41. The van der Waals surface area contributed by atoms with Crippen LogP contribution in [-0.2, 0) is 11.3 Å². The molecule has 1 aromatic carbocycles. The van der Waals surface area contributed by atoms with E-state index in [0.717, 1.165) is 24.8 Å². The molecule has 0 aromatic heterocycles. The minimum atomic E-state index is -4.22. The number of benzene rings is 1. The lowest BCUT2D eigenvalue weighted by Gasteiger charge is -2.13. The number of thioether (sulfide) groups is 1. The van der Waals surface area contributed by atoms with E-state index in [9.17, 15) is 13.2 Å². The molecule has 0 saturated heterocycles. The van der Waals surface area contributed by atoms with E-state index in [-0.39, 0.29) is 16.7 Å². The first kappa shape index (κ1) is 15.7. The second-order valence-electron chi connectivity index (χ2n) is 4.94. The first-order valence-electron chi connectivity index (χ1n) is 6.57. The number of ether oxygens (including phenoxy) is 1. The van der Waals surface area contributed by atoms with Crippen molar-refractivity contribution in [3.05, 3.63) is 29.8 Å². The van der Waals surface area contributed by atoms with Crippen LogP contribution in [-0.4, -0.2) is 24.8 Å². The molecular formula is C14H18F3NOS. The first-order chi connectivity index (χ1) is 9.46. The molecule has 2 rings (SSSR count). The van der Waals surface area contributed by atoms with Crippen LogP contribution in [0.25, 0.3) is 0 Å². The minimum absolute atomic E-state index is 0.0808. The lowest BCUT2D eigenvalue weighted by molar-refractivity contribution is -0.0328. The van der Waals surface area contributed by atoms with Crippen LogP contribution in [0.4, 0.5) is 13.2 Å². The fourth-order valence-corrected chi connectivity index (χ4v) is 2.95. The second-order valence-corrected chi connectivity index (χ2v) is 6.08. The van der Waals surface area contributed by atoms with Gasteiger partial charge in [-0.3, -0.25) is 0 Å². The van der Waals surface area contributed by atoms with Gasteiger partial charge in [0.1, 0.15) is 0 Å². The van der Waals surface area contributed by atoms with Crippen LogP contribution < -0.4 is 5.32 Å². The van der Waals surface area contributed by atoms with Crippen LogP contribution in [0, 0.1) is 0 Å². The molecule has 0 bridgehead atoms. The zero-order valence-electron chi connectivity index (χ0n) is 11.2. The van der Waals surface area contributed by atoms with Gasteiger partial charge in [0.05, 0.1) is 6.10 Å². The molecule has 0 aliphatic heterocycles. The Morgan fingerprint density at radius 2 is 1.95 bits per heavy atom. The van der Waals surface area contributed by atoms with Gasteiger partial charge in [-0.2, -0.15) is 13.2 Å². The van der Waals surface area contributed by atoms with Crippen molar-refractivity contribution in [2.75, 3.05) is 7.11 Å². The second kappa shape index (κ2) is 6.83. The topological polar surface area (TPSA) is 21.3 Å². The highest BCUT2D eigenvalue weighted by molar-refractivity contribution is 8.00. The highest BCUT2D eigenvalue weighted by atomic mass is 32.2. The number of hydrogen-bond acceptors (Lipinski definition) is 3. The zero-order valence-corrected chi connectivity index (χ0v) is 12.1. The predicted molar refractivity (Wildman–Crippen MR) is 73.6 cm³/mol. The number of hydrogen-bond donors (Lipinski definition) is 1. The molecule has 0 radical (unpaired) electrons. The molecule has 1 aliphatic carbocycles. The number of alkyl halides is 3. The first-order valence-corrected chi connectivity index (χ1v) is 7.39. The molecule has 0 spiro atoms. The summed E-state index contributed by atoms with van der Waals surface area (Å²) in [4.78, 5) is 0.224. The third-order valence-corrected chi connectivity index (χ3v) is 4.21. The highest BCUT2D eigenvalue weighted by Crippen LogP contribution is 2.36. The standard InChI is InChI=1S/C14H18F3NOS/c1-19-12-5-4-11(8-12)18-9-10-2-6-13(7-3-10)20-14(15,16)17/h2-3,6-7,11-12,18H,4-5,8-9H2,1H3. The Bertz CT molecular complexity index is 421. The fraction of sp³-hybridized carbons (Fsp3) is 0.571. The van der Waals surface area contributed by atoms with Crippen molar-refractivity contribution in [1.29, 1.82) is 0 Å². The molecule has 1 aromatic rings. The summed E-state index contributed by atoms with van der Waals surface area (Å²) in [6.07, 6.45) is 3.48. The summed E-state index contributed by atoms with van der Waals surface area (Å²) in [6, 6.07) is 6.95. The van der Waals surface area contributed by atoms with Gasteiger partial charge in [0, 0.05) is 24.6 Å². The molecule has 6 heteroatoms. The van der Waals surface area contributed by atoms with E-state index in [1.165, 1.54) is 12.1 Å².